The second kappa shape index (κ2) is 6.03. The molecule has 0 spiro atoms. The highest BCUT2D eigenvalue weighted by atomic mass is 16.3. The van der Waals surface area contributed by atoms with Gasteiger partial charge in [-0.1, -0.05) is 13.8 Å². The van der Waals surface area contributed by atoms with Crippen molar-refractivity contribution < 1.29 is 5.11 Å². The Kier molecular flexibility index (Phi) is 4.67. The van der Waals surface area contributed by atoms with Crippen LogP contribution in [0.1, 0.15) is 26.0 Å². The predicted octanol–water partition coefficient (Wildman–Crippen LogP) is 1.17. The zero-order chi connectivity index (χ0) is 12.0. The summed E-state index contributed by atoms with van der Waals surface area (Å²) >= 11 is 0. The molecular formula is C11H16N4O. The van der Waals surface area contributed by atoms with E-state index in [2.05, 4.69) is 29.1 Å². The third-order valence-electron chi connectivity index (χ3n) is 2.08. The topological polar surface area (TPSA) is 81.8 Å². The molecule has 1 atom stereocenters. The number of nitrogens with zero attached hydrogens (tertiary/aromatic N) is 3. The summed E-state index contributed by atoms with van der Waals surface area (Å²) < 4.78 is 0. The maximum atomic E-state index is 9.18. The summed E-state index contributed by atoms with van der Waals surface area (Å²) in [5.74, 6) is 0.863. The smallest absolute Gasteiger partial charge is 0.224 e. The maximum absolute atomic E-state index is 9.18. The molecule has 16 heavy (non-hydrogen) atoms. The highest BCUT2D eigenvalue weighted by Crippen LogP contribution is 2.09. The van der Waals surface area contributed by atoms with Gasteiger partial charge in [0.25, 0.3) is 0 Å². The molecule has 1 heterocycles. The molecule has 0 aliphatic carbocycles. The van der Waals surface area contributed by atoms with E-state index in [9.17, 15) is 5.11 Å². The zero-order valence-electron chi connectivity index (χ0n) is 9.51. The van der Waals surface area contributed by atoms with Gasteiger partial charge in [-0.25, -0.2) is 9.97 Å². The van der Waals surface area contributed by atoms with Crippen LogP contribution in [0.2, 0.25) is 0 Å². The molecule has 5 nitrogen and oxygen atoms in total. The number of nitriles is 1. The van der Waals surface area contributed by atoms with Gasteiger partial charge in [0.05, 0.1) is 12.6 Å². The fourth-order valence-corrected chi connectivity index (χ4v) is 1.42. The number of aliphatic hydroxyl groups excluding tert-OH is 1. The second-order valence-electron chi connectivity index (χ2n) is 4.03. The normalized spacial score (nSPS) is 12.2. The van der Waals surface area contributed by atoms with E-state index in [1.165, 1.54) is 6.20 Å². The second-order valence-corrected chi connectivity index (χ2v) is 4.03. The maximum Gasteiger partial charge on any atom is 0.224 e. The lowest BCUT2D eigenvalue weighted by atomic mass is 10.0. The van der Waals surface area contributed by atoms with Gasteiger partial charge < -0.3 is 10.4 Å². The number of aliphatic hydroxyl groups is 1. The molecule has 1 aromatic heterocycles. The Morgan fingerprint density at radius 3 is 2.88 bits per heavy atom. The van der Waals surface area contributed by atoms with Gasteiger partial charge in [-0.15, -0.1) is 0 Å². The molecule has 0 aliphatic heterocycles. The van der Waals surface area contributed by atoms with Crippen LogP contribution in [0, 0.1) is 17.2 Å². The van der Waals surface area contributed by atoms with Crippen LogP contribution < -0.4 is 5.32 Å². The lowest BCUT2D eigenvalue weighted by Crippen LogP contribution is -2.26. The molecule has 0 saturated carbocycles. The molecule has 0 bridgehead atoms. The van der Waals surface area contributed by atoms with Gasteiger partial charge in [0, 0.05) is 6.20 Å². The van der Waals surface area contributed by atoms with E-state index in [1.807, 2.05) is 6.07 Å². The van der Waals surface area contributed by atoms with E-state index in [-0.39, 0.29) is 12.6 Å². The van der Waals surface area contributed by atoms with Crippen molar-refractivity contribution in [3.63, 3.8) is 0 Å². The number of hydrogen-bond donors (Lipinski definition) is 2. The summed E-state index contributed by atoms with van der Waals surface area (Å²) in [5, 5.41) is 20.9. The minimum Gasteiger partial charge on any atom is -0.394 e. The third-order valence-corrected chi connectivity index (χ3v) is 2.08. The molecule has 0 radical (unpaired) electrons. The molecule has 2 N–H and O–H groups in total. The molecule has 1 aromatic rings. The average molecular weight is 220 g/mol. The van der Waals surface area contributed by atoms with E-state index in [1.54, 1.807) is 6.07 Å². The summed E-state index contributed by atoms with van der Waals surface area (Å²) in [4.78, 5) is 7.99. The van der Waals surface area contributed by atoms with Crippen molar-refractivity contribution in [3.8, 4) is 6.07 Å². The number of nitrogens with one attached hydrogen (secondary N) is 1. The van der Waals surface area contributed by atoms with Crippen molar-refractivity contribution in [1.82, 2.24) is 9.97 Å². The molecule has 0 aromatic carbocycles. The molecular weight excluding hydrogens is 204 g/mol. The zero-order valence-corrected chi connectivity index (χ0v) is 9.51. The molecule has 86 valence electrons. The lowest BCUT2D eigenvalue weighted by molar-refractivity contribution is 0.259. The van der Waals surface area contributed by atoms with Gasteiger partial charge in [0.1, 0.15) is 11.8 Å². The first-order valence-electron chi connectivity index (χ1n) is 5.26. The van der Waals surface area contributed by atoms with Crippen LogP contribution >= 0.6 is 0 Å². The number of hydrogen-bond acceptors (Lipinski definition) is 5. The molecule has 1 unspecified atom stereocenters. The Hall–Kier alpha value is -1.67. The molecule has 0 saturated heterocycles. The van der Waals surface area contributed by atoms with Crippen LogP contribution in [0.25, 0.3) is 0 Å². The quantitative estimate of drug-likeness (QED) is 0.778. The molecule has 1 rings (SSSR count). The monoisotopic (exact) mass is 220 g/mol. The first-order valence-corrected chi connectivity index (χ1v) is 5.26. The van der Waals surface area contributed by atoms with E-state index < -0.39 is 0 Å². The Bertz CT molecular complexity index is 372. The van der Waals surface area contributed by atoms with Crippen molar-refractivity contribution in [2.24, 2.45) is 5.92 Å². The van der Waals surface area contributed by atoms with Gasteiger partial charge in [0.15, 0.2) is 0 Å². The van der Waals surface area contributed by atoms with Crippen LogP contribution in [0.15, 0.2) is 12.3 Å². The Morgan fingerprint density at radius 1 is 1.56 bits per heavy atom. The van der Waals surface area contributed by atoms with E-state index in [0.717, 1.165) is 6.42 Å². The third kappa shape index (κ3) is 3.83. The minimum absolute atomic E-state index is 0.0261. The SMILES string of the molecule is CC(C)CC(CO)Nc1nccc(C#N)n1. The summed E-state index contributed by atoms with van der Waals surface area (Å²) in [6, 6.07) is 3.41. The highest BCUT2D eigenvalue weighted by Gasteiger charge is 2.10. The Balaban J connectivity index is 2.67. The summed E-state index contributed by atoms with van der Waals surface area (Å²) in [6.07, 6.45) is 2.36. The van der Waals surface area contributed by atoms with E-state index >= 15 is 0 Å². The summed E-state index contributed by atoms with van der Waals surface area (Å²) in [7, 11) is 0. The van der Waals surface area contributed by atoms with Crippen LogP contribution in [0.3, 0.4) is 0 Å². The predicted molar refractivity (Wildman–Crippen MR) is 60.7 cm³/mol. The standard InChI is InChI=1S/C11H16N4O/c1-8(2)5-10(7-16)15-11-13-4-3-9(6-12)14-11/h3-4,8,10,16H,5,7H2,1-2H3,(H,13,14,15). The largest absolute Gasteiger partial charge is 0.394 e. The van der Waals surface area contributed by atoms with Crippen LogP contribution in [0.4, 0.5) is 5.95 Å². The van der Waals surface area contributed by atoms with Crippen LogP contribution in [-0.2, 0) is 0 Å². The lowest BCUT2D eigenvalue weighted by Gasteiger charge is -2.17. The van der Waals surface area contributed by atoms with Crippen LogP contribution in [0.5, 0.6) is 0 Å². The average Bonchev–Trinajstić information content (AvgIpc) is 2.28. The van der Waals surface area contributed by atoms with Crippen molar-refractivity contribution in [2.75, 3.05) is 11.9 Å². The first-order chi connectivity index (χ1) is 7.65. The van der Waals surface area contributed by atoms with Crippen molar-refractivity contribution >= 4 is 5.95 Å². The first kappa shape index (κ1) is 12.4. The van der Waals surface area contributed by atoms with E-state index in [4.69, 9.17) is 5.26 Å². The number of aromatic nitrogens is 2. The van der Waals surface area contributed by atoms with Gasteiger partial charge in [0.2, 0.25) is 5.95 Å². The number of rotatable bonds is 5. The molecule has 0 amide bonds. The minimum atomic E-state index is -0.0751. The number of anilines is 1. The van der Waals surface area contributed by atoms with Crippen molar-refractivity contribution in [3.05, 3.63) is 18.0 Å². The van der Waals surface area contributed by atoms with Gasteiger partial charge >= 0.3 is 0 Å². The van der Waals surface area contributed by atoms with Gasteiger partial charge in [-0.05, 0) is 18.4 Å². The fourth-order valence-electron chi connectivity index (χ4n) is 1.42. The molecule has 5 heteroatoms. The van der Waals surface area contributed by atoms with Crippen molar-refractivity contribution in [1.29, 1.82) is 5.26 Å². The Labute approximate surface area is 95.2 Å². The van der Waals surface area contributed by atoms with Gasteiger partial charge in [-0.2, -0.15) is 5.26 Å². The molecule has 0 fully saturated rings. The fraction of sp³-hybridized carbons (Fsp3) is 0.545. The highest BCUT2D eigenvalue weighted by molar-refractivity contribution is 5.31. The molecule has 0 aliphatic rings. The van der Waals surface area contributed by atoms with Crippen molar-refractivity contribution in [2.45, 2.75) is 26.3 Å². The summed E-state index contributed by atoms with van der Waals surface area (Å²) in [5.41, 5.74) is 0.318. The van der Waals surface area contributed by atoms with Gasteiger partial charge in [-0.3, -0.25) is 0 Å². The Morgan fingerprint density at radius 2 is 2.31 bits per heavy atom. The summed E-state index contributed by atoms with van der Waals surface area (Å²) in [6.45, 7) is 4.19. The van der Waals surface area contributed by atoms with E-state index in [0.29, 0.717) is 17.6 Å². The van der Waals surface area contributed by atoms with Crippen LogP contribution in [-0.4, -0.2) is 27.7 Å².